The van der Waals surface area contributed by atoms with Crippen LogP contribution in [0, 0.1) is 0 Å². The van der Waals surface area contributed by atoms with Crippen molar-refractivity contribution in [3.05, 3.63) is 11.8 Å². The van der Waals surface area contributed by atoms with Gasteiger partial charge in [0.15, 0.2) is 0 Å². The number of anilines is 1. The number of carbonyl (C=O) groups is 1. The number of rotatable bonds is 1. The topological polar surface area (TPSA) is 50.2 Å². The number of nitrogens with zero attached hydrogens (tertiary/aromatic N) is 3. The van der Waals surface area contributed by atoms with Gasteiger partial charge in [-0.3, -0.25) is 4.79 Å². The summed E-state index contributed by atoms with van der Waals surface area (Å²) in [6.45, 7) is 4.24. The Morgan fingerprint density at radius 3 is 2.88 bits per heavy atom. The fraction of sp³-hybridized carbons (Fsp3) is 0.636. The number of hydrogen-bond acceptors (Lipinski definition) is 3. The van der Waals surface area contributed by atoms with Gasteiger partial charge in [0.25, 0.3) is 5.91 Å². The van der Waals surface area contributed by atoms with Gasteiger partial charge in [0.2, 0.25) is 0 Å². The number of amides is 1. The molecule has 0 bridgehead atoms. The van der Waals surface area contributed by atoms with E-state index in [1.54, 1.807) is 25.2 Å². The van der Waals surface area contributed by atoms with Gasteiger partial charge in [0.1, 0.15) is 11.4 Å². The van der Waals surface area contributed by atoms with Gasteiger partial charge >= 0.3 is 0 Å². The Kier molecular flexibility index (Phi) is 2.61. The molecule has 2 unspecified atom stereocenters. The van der Waals surface area contributed by atoms with Crippen LogP contribution in [0.2, 0.25) is 0 Å². The smallest absolute Gasteiger partial charge is 0.258 e. The fourth-order valence-corrected chi connectivity index (χ4v) is 2.14. The average Bonchev–Trinajstić information content (AvgIpc) is 2.60. The Hall–Kier alpha value is -1.52. The first kappa shape index (κ1) is 11.0. The number of nitrogens with one attached hydrogen (secondary N) is 1. The maximum atomic E-state index is 11.9. The van der Waals surface area contributed by atoms with E-state index in [-0.39, 0.29) is 5.91 Å². The van der Waals surface area contributed by atoms with E-state index in [2.05, 4.69) is 24.3 Å². The van der Waals surface area contributed by atoms with Crippen LogP contribution in [0.4, 0.5) is 5.82 Å². The Morgan fingerprint density at radius 2 is 2.25 bits per heavy atom. The molecule has 88 valence electrons. The molecule has 5 nitrogen and oxygen atoms in total. The van der Waals surface area contributed by atoms with E-state index in [0.29, 0.717) is 17.6 Å². The molecular formula is C11H18N4O. The molecule has 1 aromatic rings. The van der Waals surface area contributed by atoms with E-state index in [0.717, 1.165) is 12.2 Å². The first-order chi connectivity index (χ1) is 7.50. The van der Waals surface area contributed by atoms with E-state index in [4.69, 9.17) is 0 Å². The van der Waals surface area contributed by atoms with Crippen LogP contribution in [0.1, 0.15) is 36.7 Å². The van der Waals surface area contributed by atoms with Crippen molar-refractivity contribution >= 4 is 11.7 Å². The zero-order chi connectivity index (χ0) is 11.9. The number of hydrogen-bond donors (Lipinski definition) is 1. The molecule has 0 aromatic carbocycles. The minimum atomic E-state index is -0.00458. The highest BCUT2D eigenvalue weighted by atomic mass is 16.2. The minimum absolute atomic E-state index is 0.00458. The van der Waals surface area contributed by atoms with Crippen molar-refractivity contribution in [2.75, 3.05) is 19.4 Å². The van der Waals surface area contributed by atoms with E-state index in [9.17, 15) is 4.79 Å². The predicted octanol–water partition coefficient (Wildman–Crippen LogP) is 1.35. The van der Waals surface area contributed by atoms with Gasteiger partial charge in [-0.1, -0.05) is 0 Å². The third kappa shape index (κ3) is 1.66. The Balaban J connectivity index is 2.40. The summed E-state index contributed by atoms with van der Waals surface area (Å²) in [7, 11) is 3.50. The molecule has 2 atom stereocenters. The van der Waals surface area contributed by atoms with Gasteiger partial charge in [0, 0.05) is 20.1 Å². The van der Waals surface area contributed by atoms with Crippen LogP contribution < -0.4 is 5.32 Å². The Labute approximate surface area is 95.4 Å². The quantitative estimate of drug-likeness (QED) is 0.780. The summed E-state index contributed by atoms with van der Waals surface area (Å²) < 4.78 is 1.90. The summed E-state index contributed by atoms with van der Waals surface area (Å²) in [6.07, 6.45) is 2.68. The molecule has 1 N–H and O–H groups in total. The van der Waals surface area contributed by atoms with Crippen molar-refractivity contribution in [2.24, 2.45) is 0 Å². The zero-order valence-electron chi connectivity index (χ0n) is 10.2. The standard InChI is InChI=1S/C11H18N4O/c1-7-5-8(2)15-10(13-7)9(6-12-15)11(16)14(3)4/h6-8,13H,5H2,1-4H3. The van der Waals surface area contributed by atoms with Crippen molar-refractivity contribution in [3.63, 3.8) is 0 Å². The van der Waals surface area contributed by atoms with Crippen molar-refractivity contribution in [1.82, 2.24) is 14.7 Å². The maximum absolute atomic E-state index is 11.9. The van der Waals surface area contributed by atoms with E-state index < -0.39 is 0 Å². The van der Waals surface area contributed by atoms with E-state index >= 15 is 0 Å². The molecule has 1 aliphatic rings. The molecule has 2 heterocycles. The summed E-state index contributed by atoms with van der Waals surface area (Å²) in [5.41, 5.74) is 0.656. The molecule has 1 amide bonds. The lowest BCUT2D eigenvalue weighted by atomic mass is 10.1. The van der Waals surface area contributed by atoms with E-state index in [1.807, 2.05) is 4.68 Å². The molecule has 1 aliphatic heterocycles. The Bertz CT molecular complexity index is 410. The van der Waals surface area contributed by atoms with Crippen LogP contribution in [0.15, 0.2) is 6.20 Å². The number of aromatic nitrogens is 2. The number of carbonyl (C=O) groups excluding carboxylic acids is 1. The van der Waals surface area contributed by atoms with Gasteiger partial charge in [-0.05, 0) is 20.3 Å². The molecule has 0 saturated carbocycles. The highest BCUT2D eigenvalue weighted by molar-refractivity contribution is 5.98. The molecule has 1 aromatic heterocycles. The summed E-state index contributed by atoms with van der Waals surface area (Å²) in [5.74, 6) is 0.847. The SMILES string of the molecule is CC1CC(C)n2ncc(C(=O)N(C)C)c2N1. The zero-order valence-corrected chi connectivity index (χ0v) is 10.2. The molecule has 16 heavy (non-hydrogen) atoms. The lowest BCUT2D eigenvalue weighted by Gasteiger charge is -2.28. The van der Waals surface area contributed by atoms with Crippen LogP contribution >= 0.6 is 0 Å². The maximum Gasteiger partial charge on any atom is 0.258 e. The average molecular weight is 222 g/mol. The van der Waals surface area contributed by atoms with Crippen molar-refractivity contribution in [3.8, 4) is 0 Å². The predicted molar refractivity (Wildman–Crippen MR) is 62.7 cm³/mol. The van der Waals surface area contributed by atoms with Crippen LogP contribution in [0.5, 0.6) is 0 Å². The fourth-order valence-electron chi connectivity index (χ4n) is 2.14. The largest absolute Gasteiger partial charge is 0.367 e. The highest BCUT2D eigenvalue weighted by Gasteiger charge is 2.27. The molecule has 5 heteroatoms. The van der Waals surface area contributed by atoms with Crippen molar-refractivity contribution < 1.29 is 4.79 Å². The van der Waals surface area contributed by atoms with Gasteiger partial charge < -0.3 is 10.2 Å². The van der Waals surface area contributed by atoms with Gasteiger partial charge in [-0.25, -0.2) is 4.68 Å². The molecule has 0 aliphatic carbocycles. The molecule has 0 saturated heterocycles. The van der Waals surface area contributed by atoms with Crippen LogP contribution in [-0.2, 0) is 0 Å². The number of fused-ring (bicyclic) bond motifs is 1. The molecule has 0 spiro atoms. The van der Waals surface area contributed by atoms with Crippen LogP contribution in [0.3, 0.4) is 0 Å². The van der Waals surface area contributed by atoms with Crippen molar-refractivity contribution in [1.29, 1.82) is 0 Å². The first-order valence-electron chi connectivity index (χ1n) is 5.56. The molecule has 0 fully saturated rings. The highest BCUT2D eigenvalue weighted by Crippen LogP contribution is 2.29. The summed E-state index contributed by atoms with van der Waals surface area (Å²) >= 11 is 0. The lowest BCUT2D eigenvalue weighted by Crippen LogP contribution is -2.31. The second-order valence-corrected chi connectivity index (χ2v) is 4.68. The minimum Gasteiger partial charge on any atom is -0.367 e. The first-order valence-corrected chi connectivity index (χ1v) is 5.56. The third-order valence-electron chi connectivity index (χ3n) is 2.93. The summed E-state index contributed by atoms with van der Waals surface area (Å²) in [5, 5.41) is 7.61. The third-order valence-corrected chi connectivity index (χ3v) is 2.93. The van der Waals surface area contributed by atoms with E-state index in [1.165, 1.54) is 0 Å². The van der Waals surface area contributed by atoms with Crippen molar-refractivity contribution in [2.45, 2.75) is 32.4 Å². The van der Waals surface area contributed by atoms with Crippen LogP contribution in [-0.4, -0.2) is 40.7 Å². The molecule has 2 rings (SSSR count). The summed E-state index contributed by atoms with van der Waals surface area (Å²) in [6, 6.07) is 0.725. The lowest BCUT2D eigenvalue weighted by molar-refractivity contribution is 0.0828. The molecular weight excluding hydrogens is 204 g/mol. The second kappa shape index (κ2) is 3.81. The monoisotopic (exact) mass is 222 g/mol. The van der Waals surface area contributed by atoms with Gasteiger partial charge in [-0.15, -0.1) is 0 Å². The Morgan fingerprint density at radius 1 is 1.56 bits per heavy atom. The summed E-state index contributed by atoms with van der Waals surface area (Å²) in [4.78, 5) is 13.5. The normalized spacial score (nSPS) is 23.5. The molecule has 0 radical (unpaired) electrons. The van der Waals surface area contributed by atoms with Gasteiger partial charge in [-0.2, -0.15) is 5.10 Å². The van der Waals surface area contributed by atoms with Gasteiger partial charge in [0.05, 0.1) is 12.2 Å². The second-order valence-electron chi connectivity index (χ2n) is 4.68. The van der Waals surface area contributed by atoms with Crippen LogP contribution in [0.25, 0.3) is 0 Å².